The predicted molar refractivity (Wildman–Crippen MR) is 84.7 cm³/mol. The first kappa shape index (κ1) is 15.6. The molecule has 1 unspecified atom stereocenters. The number of ketones is 2. The van der Waals surface area contributed by atoms with Crippen molar-refractivity contribution >= 4 is 23.2 Å². The first-order valence-corrected chi connectivity index (χ1v) is 7.51. The van der Waals surface area contributed by atoms with Gasteiger partial charge in [-0.15, -0.1) is 0 Å². The van der Waals surface area contributed by atoms with Crippen LogP contribution in [0.1, 0.15) is 43.1 Å². The molecule has 1 aromatic carbocycles. The van der Waals surface area contributed by atoms with Gasteiger partial charge >= 0.3 is 0 Å². The largest absolute Gasteiger partial charge is 0.365 e. The van der Waals surface area contributed by atoms with Gasteiger partial charge in [0.1, 0.15) is 5.78 Å². The summed E-state index contributed by atoms with van der Waals surface area (Å²) in [4.78, 5) is 37.5. The fraction of sp³-hybridized carbons (Fsp3) is 0.389. The van der Waals surface area contributed by atoms with Crippen molar-refractivity contribution in [3.05, 3.63) is 41.0 Å². The summed E-state index contributed by atoms with van der Waals surface area (Å²) in [5, 5.41) is 2.88. The molecule has 0 radical (unpaired) electrons. The molecule has 1 aliphatic heterocycles. The van der Waals surface area contributed by atoms with Crippen LogP contribution in [-0.2, 0) is 14.3 Å². The SMILES string of the molecule is COC1(CC(C)=O)C(=O)c2ccccc2C2=C1C(C)(C)C(=O)N2. The fourth-order valence-corrected chi connectivity index (χ4v) is 3.68. The molecule has 1 aliphatic carbocycles. The Labute approximate surface area is 134 Å². The maximum atomic E-state index is 13.2. The molecule has 0 aromatic heterocycles. The lowest BCUT2D eigenvalue weighted by atomic mass is 9.66. The number of nitrogens with one attached hydrogen (secondary N) is 1. The second-order valence-corrected chi connectivity index (χ2v) is 6.61. The molecule has 1 aromatic rings. The van der Waals surface area contributed by atoms with Crippen molar-refractivity contribution in [3.8, 4) is 0 Å². The highest BCUT2D eigenvalue weighted by molar-refractivity contribution is 6.18. The van der Waals surface area contributed by atoms with Gasteiger partial charge in [-0.25, -0.2) is 0 Å². The summed E-state index contributed by atoms with van der Waals surface area (Å²) >= 11 is 0. The van der Waals surface area contributed by atoms with Gasteiger partial charge in [-0.1, -0.05) is 24.3 Å². The molecule has 0 saturated heterocycles. The van der Waals surface area contributed by atoms with Crippen molar-refractivity contribution in [1.82, 2.24) is 5.32 Å². The van der Waals surface area contributed by atoms with Gasteiger partial charge in [0, 0.05) is 30.2 Å². The highest BCUT2D eigenvalue weighted by atomic mass is 16.5. The van der Waals surface area contributed by atoms with Crippen molar-refractivity contribution in [2.45, 2.75) is 32.8 Å². The third-order valence-electron chi connectivity index (χ3n) is 4.74. The van der Waals surface area contributed by atoms with Crippen LogP contribution in [0, 0.1) is 5.41 Å². The number of carbonyl (C=O) groups is 3. The Balaban J connectivity index is 2.38. The molecule has 1 amide bonds. The summed E-state index contributed by atoms with van der Waals surface area (Å²) in [5.74, 6) is -0.632. The van der Waals surface area contributed by atoms with E-state index in [1.807, 2.05) is 6.07 Å². The van der Waals surface area contributed by atoms with Gasteiger partial charge in [0.05, 0.1) is 11.1 Å². The lowest BCUT2D eigenvalue weighted by Crippen LogP contribution is -2.50. The van der Waals surface area contributed by atoms with Crippen molar-refractivity contribution in [2.75, 3.05) is 7.11 Å². The quantitative estimate of drug-likeness (QED) is 0.927. The van der Waals surface area contributed by atoms with Crippen LogP contribution in [0.4, 0.5) is 0 Å². The van der Waals surface area contributed by atoms with Crippen molar-refractivity contribution < 1.29 is 19.1 Å². The molecule has 3 rings (SSSR count). The number of fused-ring (bicyclic) bond motifs is 2. The topological polar surface area (TPSA) is 72.5 Å². The Kier molecular flexibility index (Phi) is 3.30. The molecule has 0 fully saturated rings. The molecule has 2 aliphatic rings. The lowest BCUT2D eigenvalue weighted by molar-refractivity contribution is -0.127. The van der Waals surface area contributed by atoms with Crippen LogP contribution in [0.25, 0.3) is 5.70 Å². The zero-order valence-corrected chi connectivity index (χ0v) is 13.6. The Bertz CT molecular complexity index is 775. The summed E-state index contributed by atoms with van der Waals surface area (Å²) in [6.07, 6.45) is -0.0894. The van der Waals surface area contributed by atoms with Gasteiger partial charge in [-0.3, -0.25) is 14.4 Å². The van der Waals surface area contributed by atoms with Gasteiger partial charge in [0.2, 0.25) is 5.91 Å². The molecular formula is C18H19NO4. The summed E-state index contributed by atoms with van der Waals surface area (Å²) in [5.41, 5.74) is -0.0629. The molecule has 5 heteroatoms. The third kappa shape index (κ3) is 1.93. The minimum Gasteiger partial charge on any atom is -0.365 e. The zero-order valence-electron chi connectivity index (χ0n) is 13.6. The molecule has 0 spiro atoms. The number of ether oxygens (including phenoxy) is 1. The molecule has 0 bridgehead atoms. The third-order valence-corrected chi connectivity index (χ3v) is 4.74. The highest BCUT2D eigenvalue weighted by Gasteiger charge is 2.58. The second-order valence-electron chi connectivity index (χ2n) is 6.61. The van der Waals surface area contributed by atoms with Crippen LogP contribution >= 0.6 is 0 Å². The van der Waals surface area contributed by atoms with E-state index < -0.39 is 11.0 Å². The van der Waals surface area contributed by atoms with E-state index in [0.29, 0.717) is 22.4 Å². The molecular weight excluding hydrogens is 294 g/mol. The van der Waals surface area contributed by atoms with Crippen LogP contribution in [0.5, 0.6) is 0 Å². The minimum absolute atomic E-state index is 0.0894. The summed E-state index contributed by atoms with van der Waals surface area (Å²) in [6.45, 7) is 4.92. The standard InChI is InChI=1S/C18H19NO4/c1-10(20)9-18(23-4)14-13(19-16(22)17(14,2)3)11-7-5-6-8-12(11)15(18)21/h5-8H,9H2,1-4H3,(H,19,22). The smallest absolute Gasteiger partial charge is 0.234 e. The Morgan fingerprint density at radius 1 is 1.17 bits per heavy atom. The maximum absolute atomic E-state index is 13.2. The van der Waals surface area contributed by atoms with Crippen LogP contribution in [0.2, 0.25) is 0 Å². The molecule has 5 nitrogen and oxygen atoms in total. The van der Waals surface area contributed by atoms with Crippen LogP contribution < -0.4 is 5.32 Å². The predicted octanol–water partition coefficient (Wildman–Crippen LogP) is 2.11. The summed E-state index contributed by atoms with van der Waals surface area (Å²) < 4.78 is 5.64. The van der Waals surface area contributed by atoms with E-state index >= 15 is 0 Å². The monoisotopic (exact) mass is 313 g/mol. The second kappa shape index (κ2) is 4.86. The highest BCUT2D eigenvalue weighted by Crippen LogP contribution is 2.51. The average molecular weight is 313 g/mol. The summed E-state index contributed by atoms with van der Waals surface area (Å²) in [7, 11) is 1.41. The Morgan fingerprint density at radius 2 is 1.78 bits per heavy atom. The molecule has 1 atom stereocenters. The molecule has 23 heavy (non-hydrogen) atoms. The minimum atomic E-state index is -1.43. The van der Waals surface area contributed by atoms with Gasteiger partial charge in [0.25, 0.3) is 0 Å². The molecule has 0 saturated carbocycles. The van der Waals surface area contributed by atoms with E-state index in [1.54, 1.807) is 32.0 Å². The van der Waals surface area contributed by atoms with Gasteiger partial charge in [0.15, 0.2) is 11.4 Å². The van der Waals surface area contributed by atoms with E-state index in [2.05, 4.69) is 5.32 Å². The number of rotatable bonds is 3. The molecule has 1 N–H and O–H groups in total. The van der Waals surface area contributed by atoms with E-state index in [1.165, 1.54) is 14.0 Å². The average Bonchev–Trinajstić information content (AvgIpc) is 2.74. The summed E-state index contributed by atoms with van der Waals surface area (Å²) in [6, 6.07) is 7.09. The normalized spacial score (nSPS) is 25.0. The first-order chi connectivity index (χ1) is 10.8. The molecule has 120 valence electrons. The molecule has 1 heterocycles. The number of hydrogen-bond donors (Lipinski definition) is 1. The van der Waals surface area contributed by atoms with Crippen LogP contribution in [-0.4, -0.2) is 30.2 Å². The van der Waals surface area contributed by atoms with Gasteiger partial charge < -0.3 is 10.1 Å². The number of carbonyl (C=O) groups excluding carboxylic acids is 3. The van der Waals surface area contributed by atoms with E-state index in [0.717, 1.165) is 0 Å². The number of hydrogen-bond acceptors (Lipinski definition) is 4. The van der Waals surface area contributed by atoms with Gasteiger partial charge in [-0.05, 0) is 20.8 Å². The number of Topliss-reactive ketones (excluding diaryl/α,β-unsaturated/α-hetero) is 2. The van der Waals surface area contributed by atoms with Crippen LogP contribution in [0.15, 0.2) is 29.8 Å². The number of benzene rings is 1. The Hall–Kier alpha value is -2.27. The van der Waals surface area contributed by atoms with Crippen molar-refractivity contribution in [2.24, 2.45) is 5.41 Å². The van der Waals surface area contributed by atoms with Crippen LogP contribution in [0.3, 0.4) is 0 Å². The fourth-order valence-electron chi connectivity index (χ4n) is 3.68. The zero-order chi connectivity index (χ0) is 17.0. The van der Waals surface area contributed by atoms with E-state index in [4.69, 9.17) is 4.74 Å². The van der Waals surface area contributed by atoms with E-state index in [-0.39, 0.29) is 23.9 Å². The van der Waals surface area contributed by atoms with Crippen molar-refractivity contribution in [1.29, 1.82) is 0 Å². The van der Waals surface area contributed by atoms with E-state index in [9.17, 15) is 14.4 Å². The lowest BCUT2D eigenvalue weighted by Gasteiger charge is -2.40. The Morgan fingerprint density at radius 3 is 2.35 bits per heavy atom. The van der Waals surface area contributed by atoms with Crippen molar-refractivity contribution in [3.63, 3.8) is 0 Å². The maximum Gasteiger partial charge on any atom is 0.234 e. The van der Waals surface area contributed by atoms with Gasteiger partial charge in [-0.2, -0.15) is 0 Å². The first-order valence-electron chi connectivity index (χ1n) is 7.51. The number of amides is 1. The number of methoxy groups -OCH3 is 1.